The van der Waals surface area contributed by atoms with Crippen LogP contribution in [0.25, 0.3) is 5.65 Å². The van der Waals surface area contributed by atoms with E-state index in [4.69, 9.17) is 17.9 Å². The fourth-order valence-corrected chi connectivity index (χ4v) is 3.93. The van der Waals surface area contributed by atoms with Crippen molar-refractivity contribution in [1.82, 2.24) is 14.6 Å². The number of imidazole rings is 1. The first kappa shape index (κ1) is 18.0. The third kappa shape index (κ3) is 3.68. The summed E-state index contributed by atoms with van der Waals surface area (Å²) in [5.74, 6) is 0.840. The van der Waals surface area contributed by atoms with Gasteiger partial charge < -0.3 is 0 Å². The molecule has 27 heavy (non-hydrogen) atoms. The first-order chi connectivity index (χ1) is 13.0. The molecule has 0 bridgehead atoms. The lowest BCUT2D eigenvalue weighted by Gasteiger charge is -2.29. The smallest absolute Gasteiger partial charge is 0.179 e. The second-order valence-corrected chi connectivity index (χ2v) is 7.94. The summed E-state index contributed by atoms with van der Waals surface area (Å²) in [5, 5.41) is 4.71. The van der Waals surface area contributed by atoms with Crippen LogP contribution in [0.3, 0.4) is 0 Å². The van der Waals surface area contributed by atoms with Gasteiger partial charge in [0.15, 0.2) is 5.65 Å². The van der Waals surface area contributed by atoms with Gasteiger partial charge in [-0.2, -0.15) is 5.10 Å². The summed E-state index contributed by atoms with van der Waals surface area (Å²) in [4.78, 5) is 9.34. The van der Waals surface area contributed by atoms with Crippen molar-refractivity contribution in [2.24, 2.45) is 10.9 Å². The van der Waals surface area contributed by atoms with Crippen molar-refractivity contribution in [3.8, 4) is 0 Å². The zero-order chi connectivity index (χ0) is 18.9. The molecule has 0 aliphatic heterocycles. The summed E-state index contributed by atoms with van der Waals surface area (Å²) < 4.78 is 1.84. The second kappa shape index (κ2) is 7.30. The molecule has 2 unspecified atom stereocenters. The Hall–Kier alpha value is -2.43. The molecule has 2 aromatic rings. The molecule has 4 nitrogen and oxygen atoms in total. The molecule has 0 spiro atoms. The predicted molar refractivity (Wildman–Crippen MR) is 112 cm³/mol. The lowest BCUT2D eigenvalue weighted by Crippen LogP contribution is -2.16. The average molecular weight is 356 g/mol. The molecule has 5 heteroatoms. The number of nitrogens with zero attached hydrogens (tertiary/aromatic N) is 4. The van der Waals surface area contributed by atoms with Gasteiger partial charge in [0.05, 0.1) is 19.3 Å². The SMILES string of the molecule is [B]C1(C(C)C)CCC(c2cc(N=C3C=C/C=C\C/C=C\3)c3nccn3n2)C1. The Morgan fingerprint density at radius 2 is 2.15 bits per heavy atom. The van der Waals surface area contributed by atoms with E-state index in [2.05, 4.69) is 43.1 Å². The lowest BCUT2D eigenvalue weighted by molar-refractivity contribution is 0.415. The van der Waals surface area contributed by atoms with Crippen LogP contribution >= 0.6 is 0 Å². The minimum absolute atomic E-state index is 0.0976. The highest BCUT2D eigenvalue weighted by Gasteiger charge is 2.38. The van der Waals surface area contributed by atoms with E-state index in [-0.39, 0.29) is 5.31 Å². The third-order valence-electron chi connectivity index (χ3n) is 5.84. The van der Waals surface area contributed by atoms with Gasteiger partial charge >= 0.3 is 0 Å². The van der Waals surface area contributed by atoms with E-state index in [1.807, 2.05) is 28.9 Å². The first-order valence-corrected chi connectivity index (χ1v) is 9.77. The van der Waals surface area contributed by atoms with E-state index in [0.29, 0.717) is 11.8 Å². The summed E-state index contributed by atoms with van der Waals surface area (Å²) in [6.07, 6.45) is 20.1. The van der Waals surface area contributed by atoms with Gasteiger partial charge in [-0.25, -0.2) is 14.5 Å². The molecular formula is C22H25BN4. The topological polar surface area (TPSA) is 42.5 Å². The molecule has 2 heterocycles. The maximum Gasteiger partial charge on any atom is 0.179 e. The van der Waals surface area contributed by atoms with Crippen molar-refractivity contribution in [3.05, 3.63) is 60.6 Å². The zero-order valence-electron chi connectivity index (χ0n) is 16.0. The van der Waals surface area contributed by atoms with E-state index < -0.39 is 0 Å². The molecule has 4 rings (SSSR count). The molecule has 2 atom stereocenters. The van der Waals surface area contributed by atoms with Gasteiger partial charge in [0.1, 0.15) is 5.69 Å². The normalized spacial score (nSPS) is 29.3. The quantitative estimate of drug-likeness (QED) is 0.716. The molecule has 2 radical (unpaired) electrons. The van der Waals surface area contributed by atoms with Crippen LogP contribution < -0.4 is 0 Å². The van der Waals surface area contributed by atoms with Crippen LogP contribution in [0.5, 0.6) is 0 Å². The summed E-state index contributed by atoms with van der Waals surface area (Å²) in [6, 6.07) is 2.10. The molecule has 0 amide bonds. The van der Waals surface area contributed by atoms with E-state index >= 15 is 0 Å². The first-order valence-electron chi connectivity index (χ1n) is 9.77. The molecule has 2 aromatic heterocycles. The van der Waals surface area contributed by atoms with E-state index in [9.17, 15) is 0 Å². The van der Waals surface area contributed by atoms with Gasteiger partial charge in [-0.1, -0.05) is 49.9 Å². The fraction of sp³-hybridized carbons (Fsp3) is 0.409. The van der Waals surface area contributed by atoms with E-state index in [1.165, 1.54) is 0 Å². The largest absolute Gasteiger partial charge is 0.245 e. The van der Waals surface area contributed by atoms with Crippen LogP contribution in [-0.2, 0) is 0 Å². The minimum Gasteiger partial charge on any atom is -0.245 e. The van der Waals surface area contributed by atoms with Crippen molar-refractivity contribution in [3.63, 3.8) is 0 Å². The predicted octanol–water partition coefficient (Wildman–Crippen LogP) is 5.12. The standard InChI is InChI=1S/C22H25BN4/c1-16(2)22(23)11-10-17(15-22)19-14-20(21-24-12-13-27(21)26-19)25-18-8-6-4-3-5-7-9-18/h3-4,6-9,12-14,16-17H,5,10-11,15H2,1-2H3/b4-3-,8-6?,9-7-,25-18?. The summed E-state index contributed by atoms with van der Waals surface area (Å²) in [7, 11) is 6.64. The number of fused-ring (bicyclic) bond motifs is 1. The van der Waals surface area contributed by atoms with Crippen LogP contribution in [0, 0.1) is 5.92 Å². The molecule has 1 fully saturated rings. The van der Waals surface area contributed by atoms with Gasteiger partial charge in [0.2, 0.25) is 0 Å². The molecule has 0 saturated heterocycles. The number of aromatic nitrogens is 3. The number of hydrogen-bond donors (Lipinski definition) is 0. The number of allylic oxidation sites excluding steroid dienone is 6. The Balaban J connectivity index is 1.73. The van der Waals surface area contributed by atoms with Gasteiger partial charge in [-0.15, -0.1) is 0 Å². The van der Waals surface area contributed by atoms with Crippen LogP contribution in [0.4, 0.5) is 5.69 Å². The Morgan fingerprint density at radius 1 is 1.26 bits per heavy atom. The summed E-state index contributed by atoms with van der Waals surface area (Å²) in [6.45, 7) is 4.43. The number of rotatable bonds is 3. The Labute approximate surface area is 162 Å². The van der Waals surface area contributed by atoms with Gasteiger partial charge in [-0.3, -0.25) is 0 Å². The van der Waals surface area contributed by atoms with Crippen LogP contribution in [0.15, 0.2) is 59.9 Å². The Bertz CT molecular complexity index is 950. The number of hydrogen-bond acceptors (Lipinski definition) is 3. The zero-order valence-corrected chi connectivity index (χ0v) is 16.0. The van der Waals surface area contributed by atoms with Gasteiger partial charge in [-0.05, 0) is 43.4 Å². The third-order valence-corrected chi connectivity index (χ3v) is 5.84. The maximum absolute atomic E-state index is 6.64. The molecule has 136 valence electrons. The molecule has 1 saturated carbocycles. The average Bonchev–Trinajstić information content (AvgIpc) is 3.24. The highest BCUT2D eigenvalue weighted by atomic mass is 15.3. The van der Waals surface area contributed by atoms with E-state index in [1.54, 1.807) is 6.20 Å². The van der Waals surface area contributed by atoms with Crippen LogP contribution in [0.1, 0.15) is 51.1 Å². The molecule has 0 N–H and O–H groups in total. The summed E-state index contributed by atoms with van der Waals surface area (Å²) >= 11 is 0. The van der Waals surface area contributed by atoms with Crippen molar-refractivity contribution < 1.29 is 0 Å². The second-order valence-electron chi connectivity index (χ2n) is 7.94. The number of aliphatic imine (C=N–C) groups is 1. The van der Waals surface area contributed by atoms with Crippen LogP contribution in [-0.4, -0.2) is 28.2 Å². The molecule has 2 aliphatic carbocycles. The summed E-state index contributed by atoms with van der Waals surface area (Å²) in [5.41, 5.74) is 3.62. The monoisotopic (exact) mass is 356 g/mol. The highest BCUT2D eigenvalue weighted by molar-refractivity contribution is 6.15. The Morgan fingerprint density at radius 3 is 2.96 bits per heavy atom. The highest BCUT2D eigenvalue weighted by Crippen LogP contribution is 2.53. The lowest BCUT2D eigenvalue weighted by atomic mass is 9.60. The van der Waals surface area contributed by atoms with Crippen molar-refractivity contribution in [2.75, 3.05) is 0 Å². The Kier molecular flexibility index (Phi) is 4.85. The van der Waals surface area contributed by atoms with Crippen LogP contribution in [0.2, 0.25) is 5.31 Å². The molecule has 0 aromatic carbocycles. The van der Waals surface area contributed by atoms with Crippen molar-refractivity contribution in [1.29, 1.82) is 0 Å². The fourth-order valence-electron chi connectivity index (χ4n) is 3.93. The van der Waals surface area contributed by atoms with Crippen molar-refractivity contribution >= 4 is 24.9 Å². The molecular weight excluding hydrogens is 331 g/mol. The van der Waals surface area contributed by atoms with Crippen molar-refractivity contribution in [2.45, 2.75) is 50.8 Å². The maximum atomic E-state index is 6.64. The van der Waals surface area contributed by atoms with Gasteiger partial charge in [0.25, 0.3) is 0 Å². The molecule has 2 aliphatic rings. The van der Waals surface area contributed by atoms with E-state index in [0.717, 1.165) is 48.4 Å². The van der Waals surface area contributed by atoms with Gasteiger partial charge in [0, 0.05) is 18.3 Å². The minimum atomic E-state index is -0.0976.